The van der Waals surface area contributed by atoms with Gasteiger partial charge in [-0.25, -0.2) is 4.39 Å². The Kier molecular flexibility index (Phi) is 5.90. The van der Waals surface area contributed by atoms with Crippen LogP contribution in [0.5, 0.6) is 11.5 Å². The Hall–Kier alpha value is -3.54. The van der Waals surface area contributed by atoms with Crippen molar-refractivity contribution in [3.63, 3.8) is 0 Å². The first-order chi connectivity index (χ1) is 16.4. The van der Waals surface area contributed by atoms with Gasteiger partial charge in [0.1, 0.15) is 18.0 Å². The van der Waals surface area contributed by atoms with E-state index in [1.807, 2.05) is 52.3 Å². The minimum Gasteiger partial charge on any atom is -0.485 e. The molecule has 6 heteroatoms. The number of carbonyl (C=O) groups excluding carboxylic acids is 1. The number of amides is 1. The van der Waals surface area contributed by atoms with Gasteiger partial charge in [0.2, 0.25) is 0 Å². The Morgan fingerprint density at radius 3 is 2.44 bits per heavy atom. The molecule has 0 atom stereocenters. The van der Waals surface area contributed by atoms with Crippen molar-refractivity contribution in [2.75, 3.05) is 31.1 Å². The van der Waals surface area contributed by atoms with Gasteiger partial charge in [-0.1, -0.05) is 36.4 Å². The third-order valence-electron chi connectivity index (χ3n) is 6.41. The fraction of sp³-hybridized carbons (Fsp3) is 0.321. The lowest BCUT2D eigenvalue weighted by Crippen LogP contribution is -2.49. The lowest BCUT2D eigenvalue weighted by atomic mass is 10.0. The molecule has 34 heavy (non-hydrogen) atoms. The van der Waals surface area contributed by atoms with Crippen LogP contribution >= 0.6 is 0 Å². The smallest absolute Gasteiger partial charge is 0.253 e. The second-order valence-electron chi connectivity index (χ2n) is 9.50. The van der Waals surface area contributed by atoms with Crippen molar-refractivity contribution >= 4 is 11.6 Å². The monoisotopic (exact) mass is 460 g/mol. The summed E-state index contributed by atoms with van der Waals surface area (Å²) in [6.45, 7) is 6.90. The zero-order valence-corrected chi connectivity index (χ0v) is 19.6. The number of piperazine rings is 1. The third-order valence-corrected chi connectivity index (χ3v) is 6.41. The zero-order valence-electron chi connectivity index (χ0n) is 19.6. The highest BCUT2D eigenvalue weighted by Gasteiger charge is 2.32. The normalized spacial score (nSPS) is 16.7. The number of ether oxygens (including phenoxy) is 2. The number of carbonyl (C=O) groups is 1. The molecule has 0 radical (unpaired) electrons. The average Bonchev–Trinajstić information content (AvgIpc) is 3.17. The fourth-order valence-electron chi connectivity index (χ4n) is 4.65. The standard InChI is InChI=1S/C28H29FN2O3/c1-28(2)18-22-6-5-9-25(26(22)34-28)33-19-20-10-12-21(13-11-20)27(32)31-16-14-30(15-17-31)24-8-4-3-7-23(24)29/h3-13H,14-19H2,1-2H3. The van der Waals surface area contributed by atoms with Crippen LogP contribution in [0.2, 0.25) is 0 Å². The van der Waals surface area contributed by atoms with Crippen molar-refractivity contribution < 1.29 is 18.7 Å². The van der Waals surface area contributed by atoms with Crippen LogP contribution in [0, 0.1) is 5.82 Å². The Labute approximate surface area is 199 Å². The van der Waals surface area contributed by atoms with Crippen molar-refractivity contribution in [2.24, 2.45) is 0 Å². The molecule has 0 bridgehead atoms. The molecule has 0 spiro atoms. The van der Waals surface area contributed by atoms with Gasteiger partial charge in [0.05, 0.1) is 5.69 Å². The number of nitrogens with zero attached hydrogens (tertiary/aromatic N) is 2. The van der Waals surface area contributed by atoms with Gasteiger partial charge < -0.3 is 19.3 Å². The van der Waals surface area contributed by atoms with Crippen molar-refractivity contribution in [3.8, 4) is 11.5 Å². The molecule has 1 fully saturated rings. The van der Waals surface area contributed by atoms with Gasteiger partial charge in [0, 0.05) is 43.7 Å². The van der Waals surface area contributed by atoms with Crippen LogP contribution in [0.4, 0.5) is 10.1 Å². The molecule has 1 saturated heterocycles. The Balaban J connectivity index is 1.17. The molecule has 1 amide bonds. The molecule has 0 unspecified atom stereocenters. The highest BCUT2D eigenvalue weighted by molar-refractivity contribution is 5.94. The van der Waals surface area contributed by atoms with E-state index in [4.69, 9.17) is 9.47 Å². The summed E-state index contributed by atoms with van der Waals surface area (Å²) < 4.78 is 26.2. The van der Waals surface area contributed by atoms with Crippen LogP contribution in [0.15, 0.2) is 66.7 Å². The van der Waals surface area contributed by atoms with Crippen LogP contribution in [0.1, 0.15) is 35.3 Å². The van der Waals surface area contributed by atoms with Gasteiger partial charge in [0.15, 0.2) is 11.5 Å². The van der Waals surface area contributed by atoms with E-state index in [2.05, 4.69) is 19.9 Å². The van der Waals surface area contributed by atoms with Gasteiger partial charge in [0.25, 0.3) is 5.91 Å². The molecular formula is C28H29FN2O3. The van der Waals surface area contributed by atoms with E-state index < -0.39 is 0 Å². The van der Waals surface area contributed by atoms with Crippen LogP contribution in [-0.2, 0) is 13.0 Å². The molecule has 0 aliphatic carbocycles. The molecule has 2 aliphatic heterocycles. The minimum absolute atomic E-state index is 0.00263. The number of para-hydroxylation sites is 2. The summed E-state index contributed by atoms with van der Waals surface area (Å²) in [7, 11) is 0. The van der Waals surface area contributed by atoms with E-state index in [1.54, 1.807) is 12.1 Å². The van der Waals surface area contributed by atoms with Crippen LogP contribution in [0.25, 0.3) is 0 Å². The molecule has 5 nitrogen and oxygen atoms in total. The summed E-state index contributed by atoms with van der Waals surface area (Å²) in [6, 6.07) is 20.3. The molecule has 3 aromatic rings. The van der Waals surface area contributed by atoms with Gasteiger partial charge in [-0.3, -0.25) is 4.79 Å². The second-order valence-corrected chi connectivity index (χ2v) is 9.50. The van der Waals surface area contributed by atoms with E-state index >= 15 is 0 Å². The van der Waals surface area contributed by atoms with E-state index in [9.17, 15) is 9.18 Å². The second kappa shape index (κ2) is 9.01. The summed E-state index contributed by atoms with van der Waals surface area (Å²) in [5.74, 6) is 1.35. The first-order valence-corrected chi connectivity index (χ1v) is 11.7. The Morgan fingerprint density at radius 2 is 1.71 bits per heavy atom. The van der Waals surface area contributed by atoms with Crippen molar-refractivity contribution in [1.29, 1.82) is 0 Å². The maximum Gasteiger partial charge on any atom is 0.253 e. The third kappa shape index (κ3) is 4.58. The Bertz CT molecular complexity index is 1180. The largest absolute Gasteiger partial charge is 0.485 e. The summed E-state index contributed by atoms with van der Waals surface area (Å²) in [5.41, 5.74) is 3.17. The number of fused-ring (bicyclic) bond motifs is 1. The lowest BCUT2D eigenvalue weighted by molar-refractivity contribution is 0.0746. The molecule has 0 N–H and O–H groups in total. The number of anilines is 1. The predicted octanol–water partition coefficient (Wildman–Crippen LogP) is 5.08. The quantitative estimate of drug-likeness (QED) is 0.533. The molecule has 176 valence electrons. The van der Waals surface area contributed by atoms with Gasteiger partial charge in [-0.2, -0.15) is 0 Å². The van der Waals surface area contributed by atoms with Crippen LogP contribution < -0.4 is 14.4 Å². The topological polar surface area (TPSA) is 42.0 Å². The minimum atomic E-state index is -0.226. The molecule has 0 saturated carbocycles. The van der Waals surface area contributed by atoms with Crippen molar-refractivity contribution in [3.05, 3.63) is 89.2 Å². The molecular weight excluding hydrogens is 431 g/mol. The van der Waals surface area contributed by atoms with E-state index in [-0.39, 0.29) is 17.3 Å². The highest BCUT2D eigenvalue weighted by atomic mass is 19.1. The van der Waals surface area contributed by atoms with Gasteiger partial charge in [-0.15, -0.1) is 0 Å². The lowest BCUT2D eigenvalue weighted by Gasteiger charge is -2.36. The molecule has 3 aromatic carbocycles. The van der Waals surface area contributed by atoms with E-state index in [1.165, 1.54) is 11.6 Å². The highest BCUT2D eigenvalue weighted by Crippen LogP contribution is 2.42. The molecule has 2 heterocycles. The fourth-order valence-corrected chi connectivity index (χ4v) is 4.65. The van der Waals surface area contributed by atoms with Crippen LogP contribution in [-0.4, -0.2) is 42.6 Å². The summed E-state index contributed by atoms with van der Waals surface area (Å²) in [6.07, 6.45) is 0.866. The van der Waals surface area contributed by atoms with Crippen molar-refractivity contribution in [2.45, 2.75) is 32.5 Å². The number of hydrogen-bond acceptors (Lipinski definition) is 4. The first kappa shape index (κ1) is 22.3. The summed E-state index contributed by atoms with van der Waals surface area (Å²) >= 11 is 0. The Morgan fingerprint density at radius 1 is 0.971 bits per heavy atom. The van der Waals surface area contributed by atoms with Crippen LogP contribution in [0.3, 0.4) is 0 Å². The number of benzene rings is 3. The zero-order chi connectivity index (χ0) is 23.7. The SMILES string of the molecule is CC1(C)Cc2cccc(OCc3ccc(C(=O)N4CCN(c5ccccc5F)CC4)cc3)c2O1. The predicted molar refractivity (Wildman–Crippen MR) is 130 cm³/mol. The number of rotatable bonds is 5. The van der Waals surface area contributed by atoms with Gasteiger partial charge in [-0.05, 0) is 49.7 Å². The van der Waals surface area contributed by atoms with E-state index in [0.717, 1.165) is 23.5 Å². The van der Waals surface area contributed by atoms with Crippen molar-refractivity contribution in [1.82, 2.24) is 4.90 Å². The average molecular weight is 461 g/mol. The number of hydrogen-bond donors (Lipinski definition) is 0. The maximum absolute atomic E-state index is 14.1. The molecule has 5 rings (SSSR count). The molecule has 2 aliphatic rings. The van der Waals surface area contributed by atoms with E-state index in [0.29, 0.717) is 44.0 Å². The number of halogens is 1. The first-order valence-electron chi connectivity index (χ1n) is 11.7. The maximum atomic E-state index is 14.1. The summed E-state index contributed by atoms with van der Waals surface area (Å²) in [5, 5.41) is 0. The molecule has 0 aromatic heterocycles. The van der Waals surface area contributed by atoms with Gasteiger partial charge >= 0.3 is 0 Å². The summed E-state index contributed by atoms with van der Waals surface area (Å²) in [4.78, 5) is 16.8.